The van der Waals surface area contributed by atoms with Gasteiger partial charge in [0.25, 0.3) is 5.91 Å². The average molecular weight is 399 g/mol. The number of primary amides is 1. The van der Waals surface area contributed by atoms with E-state index in [0.29, 0.717) is 17.0 Å². The molecule has 0 aliphatic heterocycles. The van der Waals surface area contributed by atoms with E-state index in [1.807, 2.05) is 13.8 Å². The molecule has 0 saturated heterocycles. The fraction of sp³-hybridized carbons (Fsp3) is 0.273. The number of benzene rings is 2. The molecule has 5 nitrogen and oxygen atoms in total. The molecule has 0 fully saturated rings. The number of nitrogens with zero attached hydrogens (tertiary/aromatic N) is 1. The third-order valence-electron chi connectivity index (χ3n) is 5.17. The first-order valence-corrected chi connectivity index (χ1v) is 9.63. The standard InChI is InChI=1S/C22H23ClN2O3/c1-3-14(6-11-20(24)27)21-13(2)25(19-10-9-17(26)12-18(19)21)22(28)15-4-7-16(23)8-5-15/h4-5,7-10,12,14,26H,3,6,11H2,1-2H3,(H2,24,27)/t14-/m0/s1. The molecule has 0 saturated carbocycles. The van der Waals surface area contributed by atoms with Gasteiger partial charge in [-0.3, -0.25) is 14.2 Å². The second kappa shape index (κ2) is 8.07. The number of aromatic nitrogens is 1. The van der Waals surface area contributed by atoms with Crippen molar-refractivity contribution in [3.05, 3.63) is 64.3 Å². The maximum atomic E-state index is 13.3. The van der Waals surface area contributed by atoms with Crippen LogP contribution in [0.3, 0.4) is 0 Å². The summed E-state index contributed by atoms with van der Waals surface area (Å²) in [4.78, 5) is 24.5. The highest BCUT2D eigenvalue weighted by atomic mass is 35.5. The number of amides is 1. The van der Waals surface area contributed by atoms with E-state index in [9.17, 15) is 14.7 Å². The topological polar surface area (TPSA) is 85.3 Å². The minimum absolute atomic E-state index is 0.0519. The Labute approximate surface area is 168 Å². The molecule has 0 radical (unpaired) electrons. The predicted molar refractivity (Wildman–Crippen MR) is 111 cm³/mol. The van der Waals surface area contributed by atoms with Gasteiger partial charge in [0.15, 0.2) is 0 Å². The number of aromatic hydroxyl groups is 1. The lowest BCUT2D eigenvalue weighted by molar-refractivity contribution is -0.118. The minimum Gasteiger partial charge on any atom is -0.508 e. The molecule has 0 aliphatic rings. The van der Waals surface area contributed by atoms with Gasteiger partial charge >= 0.3 is 0 Å². The number of nitrogens with two attached hydrogens (primary N) is 1. The Morgan fingerprint density at radius 3 is 2.46 bits per heavy atom. The number of halogens is 1. The first-order chi connectivity index (χ1) is 13.3. The summed E-state index contributed by atoms with van der Waals surface area (Å²) in [6.45, 7) is 3.94. The molecule has 28 heavy (non-hydrogen) atoms. The Hall–Kier alpha value is -2.79. The van der Waals surface area contributed by atoms with Gasteiger partial charge < -0.3 is 10.8 Å². The van der Waals surface area contributed by atoms with Crippen LogP contribution in [-0.4, -0.2) is 21.5 Å². The van der Waals surface area contributed by atoms with Crippen LogP contribution in [0.2, 0.25) is 5.02 Å². The van der Waals surface area contributed by atoms with Crippen LogP contribution in [0.1, 0.15) is 53.7 Å². The maximum absolute atomic E-state index is 13.3. The normalized spacial score (nSPS) is 12.2. The Balaban J connectivity index is 2.18. The summed E-state index contributed by atoms with van der Waals surface area (Å²) in [5.74, 6) is -0.327. The summed E-state index contributed by atoms with van der Waals surface area (Å²) in [7, 11) is 0. The van der Waals surface area contributed by atoms with Crippen molar-refractivity contribution in [2.75, 3.05) is 0 Å². The minimum atomic E-state index is -0.347. The molecule has 1 aromatic heterocycles. The molecule has 6 heteroatoms. The maximum Gasteiger partial charge on any atom is 0.262 e. The Morgan fingerprint density at radius 1 is 1.18 bits per heavy atom. The molecule has 0 spiro atoms. The van der Waals surface area contributed by atoms with E-state index >= 15 is 0 Å². The highest BCUT2D eigenvalue weighted by Gasteiger charge is 2.24. The number of fused-ring (bicyclic) bond motifs is 1. The molecule has 1 amide bonds. The summed E-state index contributed by atoms with van der Waals surface area (Å²) in [6.07, 6.45) is 1.66. The molecule has 1 heterocycles. The summed E-state index contributed by atoms with van der Waals surface area (Å²) in [6, 6.07) is 11.8. The molecular formula is C22H23ClN2O3. The van der Waals surface area contributed by atoms with E-state index in [1.54, 1.807) is 47.0 Å². The van der Waals surface area contributed by atoms with Crippen molar-refractivity contribution < 1.29 is 14.7 Å². The number of phenols is 1. The number of hydrogen-bond donors (Lipinski definition) is 2. The van der Waals surface area contributed by atoms with E-state index in [4.69, 9.17) is 17.3 Å². The Morgan fingerprint density at radius 2 is 1.86 bits per heavy atom. The predicted octanol–water partition coefficient (Wildman–Crippen LogP) is 4.76. The number of carbonyl (C=O) groups excluding carboxylic acids is 2. The fourth-order valence-corrected chi connectivity index (χ4v) is 3.92. The van der Waals surface area contributed by atoms with Crippen molar-refractivity contribution in [2.45, 2.75) is 39.0 Å². The van der Waals surface area contributed by atoms with Crippen LogP contribution in [-0.2, 0) is 4.79 Å². The van der Waals surface area contributed by atoms with Crippen LogP contribution in [0.15, 0.2) is 42.5 Å². The molecule has 3 aromatic rings. The van der Waals surface area contributed by atoms with Crippen LogP contribution in [0.25, 0.3) is 10.9 Å². The number of rotatable bonds is 6. The van der Waals surface area contributed by atoms with Gasteiger partial charge in [0.05, 0.1) is 5.52 Å². The molecule has 3 rings (SSSR count). The van der Waals surface area contributed by atoms with Crippen molar-refractivity contribution in [1.29, 1.82) is 0 Å². The van der Waals surface area contributed by atoms with Gasteiger partial charge in [-0.25, -0.2) is 0 Å². The summed E-state index contributed by atoms with van der Waals surface area (Å²) in [5, 5.41) is 11.4. The third-order valence-corrected chi connectivity index (χ3v) is 5.42. The highest BCUT2D eigenvalue weighted by Crippen LogP contribution is 2.38. The van der Waals surface area contributed by atoms with Gasteiger partial charge in [-0.2, -0.15) is 0 Å². The highest BCUT2D eigenvalue weighted by molar-refractivity contribution is 6.30. The largest absolute Gasteiger partial charge is 0.508 e. The van der Waals surface area contributed by atoms with E-state index in [-0.39, 0.29) is 29.9 Å². The summed E-state index contributed by atoms with van der Waals surface area (Å²) in [5.41, 5.74) is 8.36. The van der Waals surface area contributed by atoms with Gasteiger partial charge in [0, 0.05) is 28.1 Å². The third kappa shape index (κ3) is 3.76. The Bertz CT molecular complexity index is 1040. The van der Waals surface area contributed by atoms with Crippen LogP contribution >= 0.6 is 11.6 Å². The average Bonchev–Trinajstić information content (AvgIpc) is 2.94. The lowest BCUT2D eigenvalue weighted by Crippen LogP contribution is -2.15. The molecule has 0 unspecified atom stereocenters. The number of carbonyl (C=O) groups is 2. The van der Waals surface area contributed by atoms with Crippen LogP contribution in [0, 0.1) is 6.92 Å². The molecule has 0 bridgehead atoms. The fourth-order valence-electron chi connectivity index (χ4n) is 3.80. The second-order valence-electron chi connectivity index (χ2n) is 6.96. The van der Waals surface area contributed by atoms with Crippen LogP contribution < -0.4 is 5.73 Å². The second-order valence-corrected chi connectivity index (χ2v) is 7.39. The van der Waals surface area contributed by atoms with Crippen molar-refractivity contribution in [2.24, 2.45) is 5.73 Å². The van der Waals surface area contributed by atoms with Crippen LogP contribution in [0.5, 0.6) is 5.75 Å². The van der Waals surface area contributed by atoms with E-state index in [0.717, 1.165) is 28.6 Å². The zero-order valence-corrected chi connectivity index (χ0v) is 16.7. The molecule has 2 aromatic carbocycles. The first kappa shape index (κ1) is 20.0. The van der Waals surface area contributed by atoms with Gasteiger partial charge in [-0.15, -0.1) is 0 Å². The zero-order valence-electron chi connectivity index (χ0n) is 15.9. The smallest absolute Gasteiger partial charge is 0.262 e. The number of hydrogen-bond acceptors (Lipinski definition) is 3. The molecule has 1 atom stereocenters. The van der Waals surface area contributed by atoms with Crippen molar-refractivity contribution in [1.82, 2.24) is 4.57 Å². The van der Waals surface area contributed by atoms with Gasteiger partial charge in [-0.1, -0.05) is 18.5 Å². The van der Waals surface area contributed by atoms with Gasteiger partial charge in [-0.05, 0) is 73.7 Å². The monoisotopic (exact) mass is 398 g/mol. The van der Waals surface area contributed by atoms with Crippen LogP contribution in [0.4, 0.5) is 0 Å². The Kier molecular flexibility index (Phi) is 5.75. The SMILES string of the molecule is CC[C@@H](CCC(N)=O)c1c(C)n(C(=O)c2ccc(Cl)cc2)c2ccc(O)cc12. The first-order valence-electron chi connectivity index (χ1n) is 9.26. The van der Waals surface area contributed by atoms with Crippen molar-refractivity contribution in [3.63, 3.8) is 0 Å². The van der Waals surface area contributed by atoms with E-state index < -0.39 is 0 Å². The molecule has 3 N–H and O–H groups in total. The summed E-state index contributed by atoms with van der Waals surface area (Å²) >= 11 is 5.95. The van der Waals surface area contributed by atoms with E-state index in [1.165, 1.54) is 0 Å². The lowest BCUT2D eigenvalue weighted by Gasteiger charge is -2.16. The quantitative estimate of drug-likeness (QED) is 0.627. The van der Waals surface area contributed by atoms with Crippen molar-refractivity contribution >= 4 is 34.3 Å². The lowest BCUT2D eigenvalue weighted by atomic mass is 9.89. The molecule has 0 aliphatic carbocycles. The van der Waals surface area contributed by atoms with Crippen molar-refractivity contribution in [3.8, 4) is 5.75 Å². The van der Waals surface area contributed by atoms with Gasteiger partial charge in [0.2, 0.25) is 5.91 Å². The zero-order chi connectivity index (χ0) is 20.4. The van der Waals surface area contributed by atoms with Gasteiger partial charge in [0.1, 0.15) is 5.75 Å². The number of phenolic OH excluding ortho intramolecular Hbond substituents is 1. The summed E-state index contributed by atoms with van der Waals surface area (Å²) < 4.78 is 1.67. The molecule has 146 valence electrons. The molecular weight excluding hydrogens is 376 g/mol. The van der Waals surface area contributed by atoms with E-state index in [2.05, 4.69) is 0 Å².